The van der Waals surface area contributed by atoms with E-state index < -0.39 is 0 Å². The molecule has 0 saturated carbocycles. The number of anilines is 2. The van der Waals surface area contributed by atoms with Gasteiger partial charge >= 0.3 is 0 Å². The minimum atomic E-state index is 0.0448. The molecule has 160 valence electrons. The fourth-order valence-electron chi connectivity index (χ4n) is 4.21. The number of Topliss-reactive ketones (excluding diaryl/α,β-unsaturated/α-hetero) is 1. The first-order valence-corrected chi connectivity index (χ1v) is 11.1. The van der Waals surface area contributed by atoms with Gasteiger partial charge in [-0.3, -0.25) is 10.1 Å². The number of aryl methyl sites for hydroxylation is 2. The molecule has 2 aromatic heterocycles. The van der Waals surface area contributed by atoms with Crippen LogP contribution >= 0.6 is 11.6 Å². The maximum absolute atomic E-state index is 12.7. The van der Waals surface area contributed by atoms with Gasteiger partial charge in [0.2, 0.25) is 11.9 Å². The first-order valence-electron chi connectivity index (χ1n) is 10.7. The van der Waals surface area contributed by atoms with E-state index in [9.17, 15) is 4.79 Å². The number of fused-ring (bicyclic) bond motifs is 2. The van der Waals surface area contributed by atoms with E-state index in [0.29, 0.717) is 35.3 Å². The molecule has 1 aliphatic rings. The van der Waals surface area contributed by atoms with Crippen molar-refractivity contribution in [3.05, 3.63) is 81.8 Å². The van der Waals surface area contributed by atoms with Gasteiger partial charge in [-0.15, -0.1) is 0 Å². The minimum Gasteiger partial charge on any atom is -0.294 e. The molecule has 1 N–H and O–H groups in total. The molecule has 0 spiro atoms. The summed E-state index contributed by atoms with van der Waals surface area (Å²) in [7, 11) is 0. The molecule has 0 aliphatic heterocycles. The number of nitrogens with zero attached hydrogens (tertiary/aromatic N) is 4. The van der Waals surface area contributed by atoms with Crippen LogP contribution in [0, 0.1) is 6.92 Å². The van der Waals surface area contributed by atoms with Gasteiger partial charge in [0, 0.05) is 23.0 Å². The standard InChI is InChI=1S/C25H22ClN5O/c1-3-15-7-8-21-19(9-15)14(2)28-25(29-21)31-24-27-13-20-22(30-24)11-17(12-23(20)32)16-5-4-6-18(26)10-16/h4-10,13,17H,3,11-12H2,1-2H3,(H,27,28,29,30,31)/t17-/m0/s1. The van der Waals surface area contributed by atoms with Crippen molar-refractivity contribution >= 4 is 40.2 Å². The number of ketones is 1. The minimum absolute atomic E-state index is 0.0448. The van der Waals surface area contributed by atoms with Crippen molar-refractivity contribution in [2.45, 2.75) is 39.0 Å². The van der Waals surface area contributed by atoms with Crippen molar-refractivity contribution in [1.29, 1.82) is 0 Å². The van der Waals surface area contributed by atoms with E-state index >= 15 is 0 Å². The number of carbonyl (C=O) groups is 1. The smallest absolute Gasteiger partial charge is 0.230 e. The van der Waals surface area contributed by atoms with Gasteiger partial charge in [0.1, 0.15) is 0 Å². The molecule has 0 saturated heterocycles. The molecule has 0 bridgehead atoms. The third-order valence-corrected chi connectivity index (χ3v) is 6.18. The average molecular weight is 444 g/mol. The quantitative estimate of drug-likeness (QED) is 0.442. The predicted molar refractivity (Wildman–Crippen MR) is 126 cm³/mol. The van der Waals surface area contributed by atoms with Crippen LogP contribution in [0.1, 0.15) is 52.1 Å². The number of hydrogen-bond acceptors (Lipinski definition) is 6. The molecular formula is C25H22ClN5O. The molecule has 5 rings (SSSR count). The molecule has 2 aromatic carbocycles. The number of nitrogens with one attached hydrogen (secondary N) is 1. The molecule has 7 heteroatoms. The number of hydrogen-bond donors (Lipinski definition) is 1. The summed E-state index contributed by atoms with van der Waals surface area (Å²) < 4.78 is 0. The van der Waals surface area contributed by atoms with Crippen LogP contribution in [-0.2, 0) is 12.8 Å². The topological polar surface area (TPSA) is 80.7 Å². The van der Waals surface area contributed by atoms with E-state index in [1.165, 1.54) is 5.56 Å². The summed E-state index contributed by atoms with van der Waals surface area (Å²) in [5.41, 5.74) is 5.37. The van der Waals surface area contributed by atoms with Gasteiger partial charge < -0.3 is 0 Å². The largest absolute Gasteiger partial charge is 0.294 e. The van der Waals surface area contributed by atoms with Gasteiger partial charge in [-0.25, -0.2) is 19.9 Å². The molecule has 32 heavy (non-hydrogen) atoms. The van der Waals surface area contributed by atoms with Gasteiger partial charge in [0.25, 0.3) is 0 Å². The monoisotopic (exact) mass is 443 g/mol. The second-order valence-electron chi connectivity index (χ2n) is 8.10. The van der Waals surface area contributed by atoms with Crippen molar-refractivity contribution in [1.82, 2.24) is 19.9 Å². The SMILES string of the molecule is CCc1ccc2nc(Nc3ncc4c(n3)C[C@H](c3cccc(Cl)c3)CC4=O)nc(C)c2c1. The number of rotatable bonds is 4. The number of carbonyl (C=O) groups excluding carboxylic acids is 1. The zero-order chi connectivity index (χ0) is 22.2. The lowest BCUT2D eigenvalue weighted by molar-refractivity contribution is 0.0962. The zero-order valence-corrected chi connectivity index (χ0v) is 18.6. The number of benzene rings is 2. The zero-order valence-electron chi connectivity index (χ0n) is 17.9. The highest BCUT2D eigenvalue weighted by atomic mass is 35.5. The third kappa shape index (κ3) is 3.94. The number of halogens is 1. The Kier molecular flexibility index (Phi) is 5.31. The summed E-state index contributed by atoms with van der Waals surface area (Å²) >= 11 is 6.15. The Labute approximate surface area is 191 Å². The van der Waals surface area contributed by atoms with E-state index in [-0.39, 0.29) is 11.7 Å². The summed E-state index contributed by atoms with van der Waals surface area (Å²) in [6.45, 7) is 4.10. The lowest BCUT2D eigenvalue weighted by Crippen LogP contribution is -2.21. The first-order chi connectivity index (χ1) is 15.5. The summed E-state index contributed by atoms with van der Waals surface area (Å²) in [4.78, 5) is 30.9. The Hall–Kier alpha value is -3.38. The van der Waals surface area contributed by atoms with Gasteiger partial charge in [-0.2, -0.15) is 0 Å². The maximum atomic E-state index is 12.7. The molecule has 0 radical (unpaired) electrons. The average Bonchev–Trinajstić information content (AvgIpc) is 2.78. The van der Waals surface area contributed by atoms with Crippen LogP contribution in [0.15, 0.2) is 48.7 Å². The van der Waals surface area contributed by atoms with Crippen LogP contribution in [0.3, 0.4) is 0 Å². The fraction of sp³-hybridized carbons (Fsp3) is 0.240. The third-order valence-electron chi connectivity index (χ3n) is 5.94. The molecule has 0 amide bonds. The van der Waals surface area contributed by atoms with E-state index in [4.69, 9.17) is 11.6 Å². The Morgan fingerprint density at radius 2 is 1.94 bits per heavy atom. The normalized spacial score (nSPS) is 15.6. The van der Waals surface area contributed by atoms with E-state index in [2.05, 4.69) is 44.3 Å². The van der Waals surface area contributed by atoms with Gasteiger partial charge in [-0.05, 0) is 61.1 Å². The van der Waals surface area contributed by atoms with Crippen LogP contribution in [-0.4, -0.2) is 25.7 Å². The van der Waals surface area contributed by atoms with Crippen molar-refractivity contribution in [2.24, 2.45) is 0 Å². The van der Waals surface area contributed by atoms with Crippen molar-refractivity contribution in [3.8, 4) is 0 Å². The Balaban J connectivity index is 1.44. The molecule has 1 aliphatic carbocycles. The van der Waals surface area contributed by atoms with Gasteiger partial charge in [0.05, 0.1) is 22.5 Å². The van der Waals surface area contributed by atoms with E-state index in [1.54, 1.807) is 6.20 Å². The Morgan fingerprint density at radius 3 is 2.75 bits per heavy atom. The highest BCUT2D eigenvalue weighted by molar-refractivity contribution is 6.30. The molecule has 6 nitrogen and oxygen atoms in total. The van der Waals surface area contributed by atoms with Crippen molar-refractivity contribution in [2.75, 3.05) is 5.32 Å². The van der Waals surface area contributed by atoms with Gasteiger partial charge in [0.15, 0.2) is 5.78 Å². The Bertz CT molecular complexity index is 1350. The second-order valence-corrected chi connectivity index (χ2v) is 8.54. The van der Waals surface area contributed by atoms with Crippen LogP contribution < -0.4 is 5.32 Å². The predicted octanol–water partition coefficient (Wildman–Crippen LogP) is 5.60. The maximum Gasteiger partial charge on any atom is 0.230 e. The van der Waals surface area contributed by atoms with Crippen LogP contribution in [0.5, 0.6) is 0 Å². The summed E-state index contributed by atoms with van der Waals surface area (Å²) in [5.74, 6) is 0.913. The molecule has 2 heterocycles. The second kappa shape index (κ2) is 8.28. The lowest BCUT2D eigenvalue weighted by Gasteiger charge is -2.23. The molecule has 0 fully saturated rings. The summed E-state index contributed by atoms with van der Waals surface area (Å²) in [6.07, 6.45) is 3.64. The highest BCUT2D eigenvalue weighted by Gasteiger charge is 2.28. The molecule has 1 atom stereocenters. The summed E-state index contributed by atoms with van der Waals surface area (Å²) in [5, 5.41) is 4.82. The van der Waals surface area contributed by atoms with Gasteiger partial charge in [-0.1, -0.05) is 36.7 Å². The van der Waals surface area contributed by atoms with Crippen molar-refractivity contribution < 1.29 is 4.79 Å². The highest BCUT2D eigenvalue weighted by Crippen LogP contribution is 2.33. The van der Waals surface area contributed by atoms with E-state index in [0.717, 1.165) is 34.3 Å². The van der Waals surface area contributed by atoms with Crippen LogP contribution in [0.25, 0.3) is 10.9 Å². The first kappa shape index (κ1) is 20.5. The van der Waals surface area contributed by atoms with Crippen molar-refractivity contribution in [3.63, 3.8) is 0 Å². The van der Waals surface area contributed by atoms with Crippen LogP contribution in [0.2, 0.25) is 5.02 Å². The van der Waals surface area contributed by atoms with E-state index in [1.807, 2.05) is 37.3 Å². The Morgan fingerprint density at radius 1 is 1.06 bits per heavy atom. The fourth-order valence-corrected chi connectivity index (χ4v) is 4.40. The van der Waals surface area contributed by atoms with Crippen LogP contribution in [0.4, 0.5) is 11.9 Å². The summed E-state index contributed by atoms with van der Waals surface area (Å²) in [6, 6.07) is 13.9. The molecular weight excluding hydrogens is 422 g/mol. The number of aromatic nitrogens is 4. The molecule has 0 unspecified atom stereocenters. The molecule has 4 aromatic rings. The lowest BCUT2D eigenvalue weighted by atomic mass is 9.82.